The zero-order valence-corrected chi connectivity index (χ0v) is 13.3. The van der Waals surface area contributed by atoms with Crippen LogP contribution < -0.4 is 10.6 Å². The molecule has 0 aromatic heterocycles. The Morgan fingerprint density at radius 2 is 1.89 bits per heavy atom. The molecular formula is C14H32N4O. The molecule has 0 saturated carbocycles. The molecule has 0 aliphatic carbocycles. The first-order valence-corrected chi connectivity index (χ1v) is 7.31. The maximum absolute atomic E-state index is 5.55. The summed E-state index contributed by atoms with van der Waals surface area (Å²) in [5.74, 6) is 1.55. The second-order valence-corrected chi connectivity index (χ2v) is 5.12. The molecule has 0 rings (SSSR count). The van der Waals surface area contributed by atoms with E-state index in [-0.39, 0.29) is 0 Å². The Hall–Kier alpha value is -0.810. The van der Waals surface area contributed by atoms with E-state index in [1.165, 1.54) is 0 Å². The average Bonchev–Trinajstić information content (AvgIpc) is 2.39. The van der Waals surface area contributed by atoms with E-state index in [1.807, 2.05) is 0 Å². The normalized spacial score (nSPS) is 12.3. The first kappa shape index (κ1) is 18.2. The number of ether oxygens (including phenoxy) is 1. The monoisotopic (exact) mass is 272 g/mol. The molecule has 0 aromatic rings. The summed E-state index contributed by atoms with van der Waals surface area (Å²) in [6.07, 6.45) is 1.12. The zero-order chi connectivity index (χ0) is 14.5. The van der Waals surface area contributed by atoms with Gasteiger partial charge in [0.2, 0.25) is 0 Å². The van der Waals surface area contributed by atoms with E-state index in [1.54, 1.807) is 7.05 Å². The van der Waals surface area contributed by atoms with E-state index in [0.717, 1.165) is 51.8 Å². The SMILES string of the molecule is CCN(C)CCNC(=NC)NCCOCCC(C)C. The lowest BCUT2D eigenvalue weighted by molar-refractivity contribution is 0.128. The van der Waals surface area contributed by atoms with Crippen LogP contribution >= 0.6 is 0 Å². The van der Waals surface area contributed by atoms with Gasteiger partial charge in [-0.15, -0.1) is 0 Å². The molecule has 0 aromatic carbocycles. The Bertz CT molecular complexity index is 231. The number of likely N-dealkylation sites (N-methyl/N-ethyl adjacent to an activating group) is 1. The van der Waals surface area contributed by atoms with Crippen molar-refractivity contribution in [2.45, 2.75) is 27.2 Å². The number of nitrogens with zero attached hydrogens (tertiary/aromatic N) is 2. The molecule has 0 radical (unpaired) electrons. The summed E-state index contributed by atoms with van der Waals surface area (Å²) in [6.45, 7) is 11.9. The summed E-state index contributed by atoms with van der Waals surface area (Å²) < 4.78 is 5.55. The molecule has 0 bridgehead atoms. The maximum Gasteiger partial charge on any atom is 0.191 e. The van der Waals surface area contributed by atoms with Crippen molar-refractivity contribution < 1.29 is 4.74 Å². The van der Waals surface area contributed by atoms with Gasteiger partial charge in [0.15, 0.2) is 5.96 Å². The molecule has 0 atom stereocenters. The Labute approximate surface area is 118 Å². The van der Waals surface area contributed by atoms with Crippen LogP contribution in [0, 0.1) is 5.92 Å². The van der Waals surface area contributed by atoms with Crippen molar-refractivity contribution in [2.75, 3.05) is 53.5 Å². The molecule has 0 amide bonds. The predicted molar refractivity (Wildman–Crippen MR) is 82.8 cm³/mol. The van der Waals surface area contributed by atoms with Crippen molar-refractivity contribution in [1.82, 2.24) is 15.5 Å². The van der Waals surface area contributed by atoms with Crippen molar-refractivity contribution >= 4 is 5.96 Å². The molecule has 5 heteroatoms. The molecule has 2 N–H and O–H groups in total. The van der Waals surface area contributed by atoms with Crippen LogP contribution in [0.2, 0.25) is 0 Å². The highest BCUT2D eigenvalue weighted by molar-refractivity contribution is 5.79. The smallest absolute Gasteiger partial charge is 0.191 e. The summed E-state index contributed by atoms with van der Waals surface area (Å²) in [5, 5.41) is 6.53. The molecule has 0 aliphatic heterocycles. The fourth-order valence-electron chi connectivity index (χ4n) is 1.41. The Balaban J connectivity index is 3.50. The molecule has 0 unspecified atom stereocenters. The standard InChI is InChI=1S/C14H32N4O/c1-6-18(5)10-8-16-14(15-4)17-9-12-19-11-7-13(2)3/h13H,6-12H2,1-5H3,(H2,15,16,17). The third-order valence-electron chi connectivity index (χ3n) is 2.93. The van der Waals surface area contributed by atoms with Crippen LogP contribution in [-0.4, -0.2) is 64.3 Å². The number of hydrogen-bond acceptors (Lipinski definition) is 3. The molecule has 114 valence electrons. The first-order valence-electron chi connectivity index (χ1n) is 7.31. The quantitative estimate of drug-likeness (QED) is 0.356. The number of rotatable bonds is 10. The number of guanidine groups is 1. The Kier molecular flexibility index (Phi) is 11.7. The highest BCUT2D eigenvalue weighted by atomic mass is 16.5. The van der Waals surface area contributed by atoms with Crippen LogP contribution in [0.5, 0.6) is 0 Å². The highest BCUT2D eigenvalue weighted by Crippen LogP contribution is 1.98. The van der Waals surface area contributed by atoms with E-state index in [9.17, 15) is 0 Å². The first-order chi connectivity index (χ1) is 9.10. The van der Waals surface area contributed by atoms with Gasteiger partial charge in [0.25, 0.3) is 0 Å². The van der Waals surface area contributed by atoms with Gasteiger partial charge in [0.05, 0.1) is 6.61 Å². The lowest BCUT2D eigenvalue weighted by Crippen LogP contribution is -2.42. The van der Waals surface area contributed by atoms with E-state index in [4.69, 9.17) is 4.74 Å². The number of hydrogen-bond donors (Lipinski definition) is 2. The van der Waals surface area contributed by atoms with Crippen LogP contribution in [0.25, 0.3) is 0 Å². The van der Waals surface area contributed by atoms with E-state index in [0.29, 0.717) is 5.92 Å². The summed E-state index contributed by atoms with van der Waals surface area (Å²) in [4.78, 5) is 6.44. The third-order valence-corrected chi connectivity index (χ3v) is 2.93. The van der Waals surface area contributed by atoms with E-state index >= 15 is 0 Å². The number of aliphatic imine (C=N–C) groups is 1. The van der Waals surface area contributed by atoms with Crippen molar-refractivity contribution in [1.29, 1.82) is 0 Å². The molecule has 0 heterocycles. The predicted octanol–water partition coefficient (Wildman–Crippen LogP) is 1.17. The summed E-state index contributed by atoms with van der Waals surface area (Å²) in [5.41, 5.74) is 0. The molecular weight excluding hydrogens is 240 g/mol. The topological polar surface area (TPSA) is 48.9 Å². The van der Waals surface area contributed by atoms with E-state index < -0.39 is 0 Å². The van der Waals surface area contributed by atoms with Gasteiger partial charge in [0.1, 0.15) is 0 Å². The largest absolute Gasteiger partial charge is 0.380 e. The minimum absolute atomic E-state index is 0.706. The Morgan fingerprint density at radius 1 is 1.21 bits per heavy atom. The van der Waals surface area contributed by atoms with Crippen molar-refractivity contribution in [3.63, 3.8) is 0 Å². The van der Waals surface area contributed by atoms with Crippen LogP contribution in [0.4, 0.5) is 0 Å². The highest BCUT2D eigenvalue weighted by Gasteiger charge is 1.98. The molecule has 5 nitrogen and oxygen atoms in total. The Morgan fingerprint density at radius 3 is 2.47 bits per heavy atom. The zero-order valence-electron chi connectivity index (χ0n) is 13.3. The van der Waals surface area contributed by atoms with Crippen molar-refractivity contribution in [3.8, 4) is 0 Å². The van der Waals surface area contributed by atoms with Gasteiger partial charge >= 0.3 is 0 Å². The second kappa shape index (κ2) is 12.2. The maximum atomic E-state index is 5.55. The van der Waals surface area contributed by atoms with Gasteiger partial charge in [-0.05, 0) is 25.9 Å². The van der Waals surface area contributed by atoms with Crippen molar-refractivity contribution in [2.24, 2.45) is 10.9 Å². The van der Waals surface area contributed by atoms with Gasteiger partial charge < -0.3 is 20.3 Å². The molecule has 0 fully saturated rings. The van der Waals surface area contributed by atoms with Gasteiger partial charge in [-0.3, -0.25) is 4.99 Å². The lowest BCUT2D eigenvalue weighted by Gasteiger charge is -2.16. The fourth-order valence-corrected chi connectivity index (χ4v) is 1.41. The summed E-state index contributed by atoms with van der Waals surface area (Å²) >= 11 is 0. The van der Waals surface area contributed by atoms with Gasteiger partial charge in [-0.2, -0.15) is 0 Å². The van der Waals surface area contributed by atoms with Crippen LogP contribution in [0.3, 0.4) is 0 Å². The second-order valence-electron chi connectivity index (χ2n) is 5.12. The van der Waals surface area contributed by atoms with E-state index in [2.05, 4.69) is 48.3 Å². The van der Waals surface area contributed by atoms with Crippen molar-refractivity contribution in [3.05, 3.63) is 0 Å². The summed E-state index contributed by atoms with van der Waals surface area (Å²) in [6, 6.07) is 0. The van der Waals surface area contributed by atoms with Gasteiger partial charge in [0, 0.05) is 33.3 Å². The minimum atomic E-state index is 0.706. The molecule has 0 saturated heterocycles. The number of nitrogens with one attached hydrogen (secondary N) is 2. The van der Waals surface area contributed by atoms with Crippen LogP contribution in [0.15, 0.2) is 4.99 Å². The van der Waals surface area contributed by atoms with Crippen LogP contribution in [-0.2, 0) is 4.74 Å². The third kappa shape index (κ3) is 12.0. The molecule has 19 heavy (non-hydrogen) atoms. The van der Waals surface area contributed by atoms with Gasteiger partial charge in [-0.25, -0.2) is 0 Å². The molecule has 0 spiro atoms. The van der Waals surface area contributed by atoms with Gasteiger partial charge in [-0.1, -0.05) is 20.8 Å². The lowest BCUT2D eigenvalue weighted by atomic mass is 10.1. The summed E-state index contributed by atoms with van der Waals surface area (Å²) in [7, 11) is 3.90. The van der Waals surface area contributed by atoms with Crippen LogP contribution in [0.1, 0.15) is 27.2 Å². The fraction of sp³-hybridized carbons (Fsp3) is 0.929. The minimum Gasteiger partial charge on any atom is -0.380 e. The average molecular weight is 272 g/mol. The molecule has 0 aliphatic rings.